The van der Waals surface area contributed by atoms with Gasteiger partial charge in [-0.25, -0.2) is 14.6 Å². The first-order chi connectivity index (χ1) is 16.5. The van der Waals surface area contributed by atoms with E-state index in [1.807, 2.05) is 36.2 Å². The highest BCUT2D eigenvalue weighted by molar-refractivity contribution is 5.69. The fourth-order valence-corrected chi connectivity index (χ4v) is 5.49. The summed E-state index contributed by atoms with van der Waals surface area (Å²) in [5.74, 6) is 4.06. The van der Waals surface area contributed by atoms with E-state index in [0.717, 1.165) is 41.0 Å². The lowest BCUT2D eigenvalue weighted by atomic mass is 9.79. The van der Waals surface area contributed by atoms with Crippen molar-refractivity contribution in [2.75, 3.05) is 20.2 Å². The molecular formula is C27H36N6O. The number of nitrogens with zero attached hydrogens (tertiary/aromatic N) is 6. The minimum atomic E-state index is 0.538. The zero-order chi connectivity index (χ0) is 23.7. The Morgan fingerprint density at radius 1 is 1.09 bits per heavy atom. The van der Waals surface area contributed by atoms with Crippen LogP contribution in [0.5, 0.6) is 5.75 Å². The average Bonchev–Trinajstić information content (AvgIpc) is 3.48. The first kappa shape index (κ1) is 22.8. The maximum absolute atomic E-state index is 5.65. The molecule has 7 nitrogen and oxygen atoms in total. The van der Waals surface area contributed by atoms with Crippen molar-refractivity contribution in [1.29, 1.82) is 0 Å². The van der Waals surface area contributed by atoms with E-state index in [1.54, 1.807) is 7.11 Å². The minimum absolute atomic E-state index is 0.538. The summed E-state index contributed by atoms with van der Waals surface area (Å²) in [4.78, 5) is 11.9. The lowest BCUT2D eigenvalue weighted by Crippen LogP contribution is -2.40. The molecule has 0 spiro atoms. The Morgan fingerprint density at radius 3 is 2.62 bits per heavy atom. The average molecular weight is 461 g/mol. The second kappa shape index (κ2) is 9.74. The van der Waals surface area contributed by atoms with Crippen LogP contribution in [-0.4, -0.2) is 55.5 Å². The molecule has 34 heavy (non-hydrogen) atoms. The zero-order valence-corrected chi connectivity index (χ0v) is 20.8. The van der Waals surface area contributed by atoms with Crippen molar-refractivity contribution in [3.8, 4) is 11.4 Å². The van der Waals surface area contributed by atoms with Crippen molar-refractivity contribution in [3.63, 3.8) is 0 Å². The molecule has 4 heterocycles. The van der Waals surface area contributed by atoms with Crippen molar-refractivity contribution >= 4 is 12.2 Å². The third-order valence-corrected chi connectivity index (χ3v) is 7.43. The molecule has 7 heteroatoms. The van der Waals surface area contributed by atoms with E-state index < -0.39 is 0 Å². The number of hydrogen-bond acceptors (Lipinski definition) is 5. The van der Waals surface area contributed by atoms with Crippen molar-refractivity contribution in [3.05, 3.63) is 53.6 Å². The number of likely N-dealkylation sites (tertiary alicyclic amines) is 1. The van der Waals surface area contributed by atoms with Gasteiger partial charge in [-0.15, -0.1) is 0 Å². The number of hydrogen-bond donors (Lipinski definition) is 0. The second-order valence-electron chi connectivity index (χ2n) is 9.95. The summed E-state index contributed by atoms with van der Waals surface area (Å²) in [7, 11) is 1.70. The van der Waals surface area contributed by atoms with Gasteiger partial charge < -0.3 is 14.2 Å². The van der Waals surface area contributed by atoms with Crippen LogP contribution in [0.25, 0.3) is 17.8 Å². The maximum Gasteiger partial charge on any atom is 0.174 e. The van der Waals surface area contributed by atoms with Gasteiger partial charge in [0.15, 0.2) is 5.82 Å². The van der Waals surface area contributed by atoms with E-state index in [0.29, 0.717) is 12.0 Å². The highest BCUT2D eigenvalue weighted by atomic mass is 16.5. The molecule has 0 aliphatic carbocycles. The third kappa shape index (κ3) is 4.67. The molecule has 1 fully saturated rings. The Hall–Kier alpha value is -2.93. The Balaban J connectivity index is 1.32. The van der Waals surface area contributed by atoms with Crippen LogP contribution in [0, 0.1) is 12.8 Å². The van der Waals surface area contributed by atoms with Crippen LogP contribution in [0.1, 0.15) is 68.4 Å². The smallest absolute Gasteiger partial charge is 0.174 e. The molecule has 2 aliphatic heterocycles. The number of fused-ring (bicyclic) bond motifs is 1. The van der Waals surface area contributed by atoms with Crippen LogP contribution in [0.15, 0.2) is 30.7 Å². The van der Waals surface area contributed by atoms with Gasteiger partial charge in [-0.2, -0.15) is 5.10 Å². The molecular weight excluding hydrogens is 424 g/mol. The number of aryl methyl sites for hydroxylation is 2. The Labute approximate surface area is 202 Å². The van der Waals surface area contributed by atoms with Crippen molar-refractivity contribution in [2.45, 2.75) is 65.0 Å². The van der Waals surface area contributed by atoms with E-state index in [2.05, 4.69) is 46.6 Å². The summed E-state index contributed by atoms with van der Waals surface area (Å²) in [6.45, 7) is 9.98. The van der Waals surface area contributed by atoms with Crippen LogP contribution < -0.4 is 4.74 Å². The first-order valence-electron chi connectivity index (χ1n) is 12.6. The molecule has 0 N–H and O–H groups in total. The van der Waals surface area contributed by atoms with Crippen LogP contribution in [0.2, 0.25) is 0 Å². The molecule has 1 saturated heterocycles. The largest absolute Gasteiger partial charge is 0.495 e. The predicted molar refractivity (Wildman–Crippen MR) is 135 cm³/mol. The fourth-order valence-electron chi connectivity index (χ4n) is 5.49. The molecule has 5 rings (SSSR count). The highest BCUT2D eigenvalue weighted by Crippen LogP contribution is 2.38. The number of aromatic nitrogens is 5. The SMILES string of the molecule is COc1cc(C=Cc2nc3n(n2)CCC[C@@H]3C2CCN(C(C)C)CC2)ccc1-n1cnc(C)c1. The number of methoxy groups -OCH3 is 1. The summed E-state index contributed by atoms with van der Waals surface area (Å²) in [5, 5.41) is 4.83. The van der Waals surface area contributed by atoms with Crippen LogP contribution in [0.3, 0.4) is 0 Å². The van der Waals surface area contributed by atoms with Gasteiger partial charge in [-0.05, 0) is 89.2 Å². The molecule has 2 aliphatic rings. The van der Waals surface area contributed by atoms with Gasteiger partial charge in [0.05, 0.1) is 24.8 Å². The van der Waals surface area contributed by atoms with Crippen LogP contribution >= 0.6 is 0 Å². The van der Waals surface area contributed by atoms with Gasteiger partial charge in [0, 0.05) is 24.7 Å². The zero-order valence-electron chi connectivity index (χ0n) is 20.8. The van der Waals surface area contributed by atoms with E-state index in [4.69, 9.17) is 14.8 Å². The lowest BCUT2D eigenvalue weighted by Gasteiger charge is -2.38. The van der Waals surface area contributed by atoms with E-state index in [-0.39, 0.29) is 0 Å². The Kier molecular flexibility index (Phi) is 6.55. The van der Waals surface area contributed by atoms with Gasteiger partial charge in [-0.1, -0.05) is 12.1 Å². The number of rotatable bonds is 6. The summed E-state index contributed by atoms with van der Waals surface area (Å²) in [6.07, 6.45) is 12.9. The van der Waals surface area contributed by atoms with Gasteiger partial charge in [-0.3, -0.25) is 0 Å². The summed E-state index contributed by atoms with van der Waals surface area (Å²) >= 11 is 0. The van der Waals surface area contributed by atoms with Crippen LogP contribution in [0.4, 0.5) is 0 Å². The molecule has 1 aromatic carbocycles. The number of ether oxygens (including phenoxy) is 1. The maximum atomic E-state index is 5.65. The van der Waals surface area contributed by atoms with Crippen molar-refractivity contribution in [1.82, 2.24) is 29.2 Å². The lowest BCUT2D eigenvalue weighted by molar-refractivity contribution is 0.128. The fraction of sp³-hybridized carbons (Fsp3) is 0.519. The van der Waals surface area contributed by atoms with E-state index in [1.165, 1.54) is 44.6 Å². The molecule has 180 valence electrons. The van der Waals surface area contributed by atoms with Gasteiger partial charge in [0.25, 0.3) is 0 Å². The van der Waals surface area contributed by atoms with E-state index in [9.17, 15) is 0 Å². The number of benzene rings is 1. The molecule has 0 bridgehead atoms. The molecule has 0 amide bonds. The summed E-state index contributed by atoms with van der Waals surface area (Å²) in [5.41, 5.74) is 3.01. The highest BCUT2D eigenvalue weighted by Gasteiger charge is 2.33. The van der Waals surface area contributed by atoms with Crippen molar-refractivity contribution in [2.24, 2.45) is 5.92 Å². The molecule has 0 unspecified atom stereocenters. The predicted octanol–water partition coefficient (Wildman–Crippen LogP) is 4.95. The first-order valence-corrected chi connectivity index (χ1v) is 12.6. The summed E-state index contributed by atoms with van der Waals surface area (Å²) in [6, 6.07) is 6.84. The topological polar surface area (TPSA) is 61.0 Å². The molecule has 3 aromatic rings. The Morgan fingerprint density at radius 2 is 1.91 bits per heavy atom. The van der Waals surface area contributed by atoms with Gasteiger partial charge >= 0.3 is 0 Å². The summed E-state index contributed by atoms with van der Waals surface area (Å²) < 4.78 is 9.80. The quantitative estimate of drug-likeness (QED) is 0.521. The molecule has 1 atom stereocenters. The molecule has 2 aromatic heterocycles. The van der Waals surface area contributed by atoms with E-state index >= 15 is 0 Å². The molecule has 0 saturated carbocycles. The third-order valence-electron chi connectivity index (χ3n) is 7.43. The van der Waals surface area contributed by atoms with Gasteiger partial charge in [0.2, 0.25) is 0 Å². The van der Waals surface area contributed by atoms with Crippen LogP contribution in [-0.2, 0) is 6.54 Å². The van der Waals surface area contributed by atoms with Crippen molar-refractivity contribution < 1.29 is 4.74 Å². The minimum Gasteiger partial charge on any atom is -0.495 e. The number of imidazole rings is 1. The number of piperidine rings is 1. The Bertz CT molecular complexity index is 1150. The standard InChI is InChI=1S/C27H36N6O/c1-19(2)31-14-11-22(12-15-31)23-6-5-13-33-27(23)29-26(30-33)10-8-21-7-9-24(25(16-21)34-4)32-17-20(3)28-18-32/h7-10,16-19,22-23H,5-6,11-15H2,1-4H3/t23-/m1/s1. The second-order valence-corrected chi connectivity index (χ2v) is 9.95. The monoisotopic (exact) mass is 460 g/mol. The normalized spacial score (nSPS) is 19.7. The molecule has 0 radical (unpaired) electrons. The van der Waals surface area contributed by atoms with Gasteiger partial charge in [0.1, 0.15) is 11.6 Å².